The number of carbonyl (C=O) groups excluding carboxylic acids is 1. The van der Waals surface area contributed by atoms with Gasteiger partial charge in [-0.1, -0.05) is 6.58 Å². The molecule has 0 aromatic heterocycles. The van der Waals surface area contributed by atoms with Gasteiger partial charge in [0, 0.05) is 0 Å². The quantitative estimate of drug-likeness (QED) is 0.412. The predicted octanol–water partition coefficient (Wildman–Crippen LogP) is 1.03. The van der Waals surface area contributed by atoms with Crippen molar-refractivity contribution in [1.29, 1.82) is 0 Å². The number of esters is 1. The summed E-state index contributed by atoms with van der Waals surface area (Å²) < 4.78 is 16.3. The SMILES string of the molecule is C=COC(=O)C1CC1F. The molecule has 0 aromatic carbocycles. The van der Waals surface area contributed by atoms with Crippen LogP contribution in [0.15, 0.2) is 12.8 Å². The van der Waals surface area contributed by atoms with Crippen molar-refractivity contribution in [3.05, 3.63) is 12.8 Å². The third-order valence-electron chi connectivity index (χ3n) is 1.21. The first-order valence-corrected chi connectivity index (χ1v) is 2.71. The number of ether oxygens (including phenoxy) is 1. The van der Waals surface area contributed by atoms with E-state index in [1.54, 1.807) is 0 Å². The van der Waals surface area contributed by atoms with E-state index in [2.05, 4.69) is 11.3 Å². The van der Waals surface area contributed by atoms with Gasteiger partial charge >= 0.3 is 5.97 Å². The number of rotatable bonds is 2. The van der Waals surface area contributed by atoms with Crippen molar-refractivity contribution in [2.75, 3.05) is 0 Å². The van der Waals surface area contributed by atoms with Crippen LogP contribution in [0, 0.1) is 5.92 Å². The zero-order valence-corrected chi connectivity index (χ0v) is 4.84. The first-order chi connectivity index (χ1) is 4.25. The van der Waals surface area contributed by atoms with Crippen LogP contribution in [-0.4, -0.2) is 12.1 Å². The molecule has 1 saturated carbocycles. The minimum atomic E-state index is -0.975. The van der Waals surface area contributed by atoms with Gasteiger partial charge in [-0.05, 0) is 6.42 Å². The van der Waals surface area contributed by atoms with Gasteiger partial charge in [-0.15, -0.1) is 0 Å². The molecule has 50 valence electrons. The lowest BCUT2D eigenvalue weighted by molar-refractivity contribution is -0.139. The van der Waals surface area contributed by atoms with E-state index in [4.69, 9.17) is 0 Å². The molecule has 0 amide bonds. The fourth-order valence-corrected chi connectivity index (χ4v) is 0.577. The van der Waals surface area contributed by atoms with Crippen LogP contribution in [0.3, 0.4) is 0 Å². The van der Waals surface area contributed by atoms with Crippen molar-refractivity contribution in [2.45, 2.75) is 12.6 Å². The summed E-state index contributed by atoms with van der Waals surface area (Å²) in [4.78, 5) is 10.5. The minimum Gasteiger partial charge on any atom is -0.435 e. The van der Waals surface area contributed by atoms with Crippen LogP contribution in [-0.2, 0) is 9.53 Å². The highest BCUT2D eigenvalue weighted by Gasteiger charge is 2.44. The van der Waals surface area contributed by atoms with E-state index in [9.17, 15) is 9.18 Å². The van der Waals surface area contributed by atoms with Crippen molar-refractivity contribution in [3.63, 3.8) is 0 Å². The largest absolute Gasteiger partial charge is 0.435 e. The Kier molecular flexibility index (Phi) is 1.51. The fourth-order valence-electron chi connectivity index (χ4n) is 0.577. The Bertz CT molecular complexity index is 144. The van der Waals surface area contributed by atoms with Crippen molar-refractivity contribution in [3.8, 4) is 0 Å². The van der Waals surface area contributed by atoms with Gasteiger partial charge in [-0.3, -0.25) is 4.79 Å². The summed E-state index contributed by atoms with van der Waals surface area (Å²) in [6.07, 6.45) is 0.359. The maximum Gasteiger partial charge on any atom is 0.316 e. The summed E-state index contributed by atoms with van der Waals surface area (Å²) in [5.41, 5.74) is 0. The number of alkyl halides is 1. The van der Waals surface area contributed by atoms with Crippen molar-refractivity contribution in [1.82, 2.24) is 0 Å². The fraction of sp³-hybridized carbons (Fsp3) is 0.500. The summed E-state index contributed by atoms with van der Waals surface area (Å²) in [6.45, 7) is 3.17. The smallest absolute Gasteiger partial charge is 0.316 e. The Labute approximate surface area is 52.3 Å². The van der Waals surface area contributed by atoms with E-state index < -0.39 is 18.1 Å². The molecular weight excluding hydrogens is 123 g/mol. The van der Waals surface area contributed by atoms with Crippen LogP contribution in [0.25, 0.3) is 0 Å². The van der Waals surface area contributed by atoms with Gasteiger partial charge in [0.25, 0.3) is 0 Å². The standard InChI is InChI=1S/C6H7FO2/c1-2-9-6(8)4-3-5(4)7/h2,4-5H,1,3H2. The lowest BCUT2D eigenvalue weighted by atomic mass is 10.4. The third-order valence-corrected chi connectivity index (χ3v) is 1.21. The van der Waals surface area contributed by atoms with Crippen LogP contribution in [0.1, 0.15) is 6.42 Å². The number of halogens is 1. The van der Waals surface area contributed by atoms with Gasteiger partial charge in [0.1, 0.15) is 6.17 Å². The van der Waals surface area contributed by atoms with Crippen LogP contribution in [0.4, 0.5) is 4.39 Å². The monoisotopic (exact) mass is 130 g/mol. The number of carbonyl (C=O) groups is 1. The van der Waals surface area contributed by atoms with Gasteiger partial charge in [0.05, 0.1) is 12.2 Å². The summed E-state index contributed by atoms with van der Waals surface area (Å²) in [7, 11) is 0. The number of hydrogen-bond acceptors (Lipinski definition) is 2. The summed E-state index contributed by atoms with van der Waals surface area (Å²) in [5.74, 6) is -1.01. The first-order valence-electron chi connectivity index (χ1n) is 2.71. The molecule has 0 spiro atoms. The summed E-state index contributed by atoms with van der Waals surface area (Å²) in [5, 5.41) is 0. The molecule has 0 aromatic rings. The van der Waals surface area contributed by atoms with Crippen LogP contribution in [0.5, 0.6) is 0 Å². The Morgan fingerprint density at radius 2 is 2.44 bits per heavy atom. The molecule has 2 nitrogen and oxygen atoms in total. The molecule has 0 heterocycles. The van der Waals surface area contributed by atoms with E-state index >= 15 is 0 Å². The molecule has 1 fully saturated rings. The summed E-state index contributed by atoms with van der Waals surface area (Å²) >= 11 is 0. The average molecular weight is 130 g/mol. The van der Waals surface area contributed by atoms with Gasteiger partial charge in [-0.25, -0.2) is 4.39 Å². The van der Waals surface area contributed by atoms with E-state index in [0.717, 1.165) is 6.26 Å². The molecule has 0 bridgehead atoms. The lowest BCUT2D eigenvalue weighted by Crippen LogP contribution is -2.03. The second kappa shape index (κ2) is 2.17. The second-order valence-electron chi connectivity index (χ2n) is 1.96. The Morgan fingerprint density at radius 3 is 2.78 bits per heavy atom. The maximum atomic E-state index is 12.0. The highest BCUT2D eigenvalue weighted by Crippen LogP contribution is 2.34. The van der Waals surface area contributed by atoms with Crippen LogP contribution in [0.2, 0.25) is 0 Å². The Hall–Kier alpha value is -0.860. The van der Waals surface area contributed by atoms with Gasteiger partial charge in [0.15, 0.2) is 0 Å². The van der Waals surface area contributed by atoms with E-state index in [1.165, 1.54) is 0 Å². The normalized spacial score (nSPS) is 31.2. The third kappa shape index (κ3) is 1.28. The lowest BCUT2D eigenvalue weighted by Gasteiger charge is -1.91. The molecule has 0 N–H and O–H groups in total. The molecule has 0 radical (unpaired) electrons. The van der Waals surface area contributed by atoms with Crippen molar-refractivity contribution in [2.24, 2.45) is 5.92 Å². The molecule has 3 heteroatoms. The van der Waals surface area contributed by atoms with Gasteiger partial charge in [0.2, 0.25) is 0 Å². The molecular formula is C6H7FO2. The average Bonchev–Trinajstić information content (AvgIpc) is 2.47. The predicted molar refractivity (Wildman–Crippen MR) is 29.3 cm³/mol. The van der Waals surface area contributed by atoms with E-state index in [-0.39, 0.29) is 0 Å². The van der Waals surface area contributed by atoms with E-state index in [1.807, 2.05) is 0 Å². The van der Waals surface area contributed by atoms with Crippen molar-refractivity contribution >= 4 is 5.97 Å². The zero-order chi connectivity index (χ0) is 6.85. The minimum absolute atomic E-state index is 0.312. The first kappa shape index (κ1) is 6.26. The number of hydrogen-bond donors (Lipinski definition) is 0. The maximum absolute atomic E-state index is 12.0. The van der Waals surface area contributed by atoms with Gasteiger partial charge in [-0.2, -0.15) is 0 Å². The summed E-state index contributed by atoms with van der Waals surface area (Å²) in [6, 6.07) is 0. The molecule has 2 unspecified atom stereocenters. The molecule has 1 aliphatic carbocycles. The molecule has 1 aliphatic rings. The van der Waals surface area contributed by atoms with Crippen LogP contribution >= 0.6 is 0 Å². The van der Waals surface area contributed by atoms with E-state index in [0.29, 0.717) is 6.42 Å². The second-order valence-corrected chi connectivity index (χ2v) is 1.96. The molecule has 1 rings (SSSR count). The zero-order valence-electron chi connectivity index (χ0n) is 4.84. The Balaban J connectivity index is 2.27. The Morgan fingerprint density at radius 1 is 1.89 bits per heavy atom. The van der Waals surface area contributed by atoms with Gasteiger partial charge < -0.3 is 4.74 Å². The molecule has 2 atom stereocenters. The highest BCUT2D eigenvalue weighted by atomic mass is 19.1. The molecule has 0 saturated heterocycles. The van der Waals surface area contributed by atoms with Crippen LogP contribution < -0.4 is 0 Å². The highest BCUT2D eigenvalue weighted by molar-refractivity contribution is 5.76. The van der Waals surface area contributed by atoms with Crippen molar-refractivity contribution < 1.29 is 13.9 Å². The topological polar surface area (TPSA) is 26.3 Å². The molecule has 9 heavy (non-hydrogen) atoms. The molecule has 0 aliphatic heterocycles.